The van der Waals surface area contributed by atoms with Crippen LogP contribution in [-0.2, 0) is 27.3 Å². The molecular weight excluding hydrogens is 364 g/mol. The van der Waals surface area contributed by atoms with Crippen LogP contribution in [0.2, 0.25) is 0 Å². The van der Waals surface area contributed by atoms with Crippen molar-refractivity contribution < 1.29 is 14.4 Å². The molecular formula is C24H24N2O3. The van der Waals surface area contributed by atoms with E-state index >= 15 is 0 Å². The Labute approximate surface area is 170 Å². The van der Waals surface area contributed by atoms with E-state index < -0.39 is 6.10 Å². The molecule has 5 nitrogen and oxygen atoms in total. The van der Waals surface area contributed by atoms with Crippen LogP contribution in [0.3, 0.4) is 0 Å². The Kier molecular flexibility index (Phi) is 5.32. The highest BCUT2D eigenvalue weighted by Crippen LogP contribution is 2.32. The molecule has 0 aromatic heterocycles. The molecule has 29 heavy (non-hydrogen) atoms. The van der Waals surface area contributed by atoms with E-state index in [4.69, 9.17) is 4.84 Å². The molecule has 0 aliphatic carbocycles. The molecule has 4 rings (SSSR count). The summed E-state index contributed by atoms with van der Waals surface area (Å²) in [6.07, 6.45) is 0.230. The first kappa shape index (κ1) is 19.2. The summed E-state index contributed by atoms with van der Waals surface area (Å²) in [5.41, 5.74) is 5.45. The van der Waals surface area contributed by atoms with E-state index in [1.807, 2.05) is 73.7 Å². The third kappa shape index (κ3) is 3.87. The summed E-state index contributed by atoms with van der Waals surface area (Å²) in [6, 6.07) is 21.8. The summed E-state index contributed by atoms with van der Waals surface area (Å²) >= 11 is 0. The van der Waals surface area contributed by atoms with Crippen LogP contribution < -0.4 is 10.4 Å². The van der Waals surface area contributed by atoms with Crippen LogP contribution in [0.1, 0.15) is 25.0 Å². The quantitative estimate of drug-likeness (QED) is 0.677. The molecule has 1 heterocycles. The zero-order valence-corrected chi connectivity index (χ0v) is 16.6. The number of hydroxylamine groups is 1. The van der Waals surface area contributed by atoms with Gasteiger partial charge in [0.05, 0.1) is 6.42 Å². The van der Waals surface area contributed by atoms with Gasteiger partial charge in [-0.05, 0) is 48.2 Å². The van der Waals surface area contributed by atoms with Crippen LogP contribution in [-0.4, -0.2) is 24.0 Å². The summed E-state index contributed by atoms with van der Waals surface area (Å²) in [6.45, 7) is 3.68. The number of fused-ring (bicyclic) bond motifs is 2. The first-order valence-electron chi connectivity index (χ1n) is 9.86. The summed E-state index contributed by atoms with van der Waals surface area (Å²) in [4.78, 5) is 32.5. The van der Waals surface area contributed by atoms with Crippen LogP contribution in [0.5, 0.6) is 0 Å². The van der Waals surface area contributed by atoms with Crippen molar-refractivity contribution in [3.05, 3.63) is 77.9 Å². The van der Waals surface area contributed by atoms with E-state index in [-0.39, 0.29) is 24.3 Å². The van der Waals surface area contributed by atoms with Gasteiger partial charge in [0.25, 0.3) is 5.91 Å². The lowest BCUT2D eigenvalue weighted by molar-refractivity contribution is -0.145. The van der Waals surface area contributed by atoms with Gasteiger partial charge in [0, 0.05) is 11.7 Å². The van der Waals surface area contributed by atoms with Crippen molar-refractivity contribution in [2.24, 2.45) is 0 Å². The Morgan fingerprint density at radius 2 is 1.79 bits per heavy atom. The Bertz CT molecular complexity index is 1060. The molecule has 0 bridgehead atoms. The first-order chi connectivity index (χ1) is 14.0. The molecule has 2 amide bonds. The fraction of sp³-hybridized carbons (Fsp3) is 0.250. The van der Waals surface area contributed by atoms with Gasteiger partial charge < -0.3 is 4.90 Å². The number of amides is 2. The van der Waals surface area contributed by atoms with Gasteiger partial charge in [0.15, 0.2) is 6.10 Å². The lowest BCUT2D eigenvalue weighted by Crippen LogP contribution is -2.45. The van der Waals surface area contributed by atoms with Gasteiger partial charge in [-0.3, -0.25) is 14.4 Å². The van der Waals surface area contributed by atoms with Gasteiger partial charge in [0.1, 0.15) is 0 Å². The van der Waals surface area contributed by atoms with Gasteiger partial charge in [-0.1, -0.05) is 60.7 Å². The standard InChI is InChI=1S/C24H24N2O3/c1-16-14-20-9-4-6-13-22(20)26(16)24(28)17(2)29-25-23(27)15-19-11-7-10-18-8-3-5-12-21(18)19/h3-13,16-17H,14-15H2,1-2H3,(H,25,27). The molecule has 0 fully saturated rings. The minimum atomic E-state index is -0.778. The van der Waals surface area contributed by atoms with Crippen LogP contribution in [0.15, 0.2) is 66.7 Å². The monoisotopic (exact) mass is 388 g/mol. The van der Waals surface area contributed by atoms with Crippen LogP contribution in [0, 0.1) is 0 Å². The van der Waals surface area contributed by atoms with Crippen molar-refractivity contribution in [1.29, 1.82) is 0 Å². The van der Waals surface area contributed by atoms with E-state index in [0.29, 0.717) is 0 Å². The van der Waals surface area contributed by atoms with Gasteiger partial charge in [-0.15, -0.1) is 0 Å². The molecule has 1 aliphatic rings. The molecule has 5 heteroatoms. The Morgan fingerprint density at radius 1 is 1.07 bits per heavy atom. The fourth-order valence-electron chi connectivity index (χ4n) is 3.96. The minimum Gasteiger partial charge on any atom is -0.307 e. The maximum Gasteiger partial charge on any atom is 0.258 e. The van der Waals surface area contributed by atoms with Crippen LogP contribution >= 0.6 is 0 Å². The first-order valence-corrected chi connectivity index (χ1v) is 9.86. The normalized spacial score (nSPS) is 16.5. The van der Waals surface area contributed by atoms with Crippen molar-refractivity contribution in [2.45, 2.75) is 38.8 Å². The number of nitrogens with zero attached hydrogens (tertiary/aromatic N) is 1. The van der Waals surface area contributed by atoms with Crippen molar-refractivity contribution >= 4 is 28.3 Å². The molecule has 0 saturated heterocycles. The maximum atomic E-state index is 12.9. The van der Waals surface area contributed by atoms with Crippen LogP contribution in [0.25, 0.3) is 10.8 Å². The lowest BCUT2D eigenvalue weighted by atomic mass is 10.0. The number of nitrogens with one attached hydrogen (secondary N) is 1. The SMILES string of the molecule is CC(ONC(=O)Cc1cccc2ccccc12)C(=O)N1c2ccccc2CC1C. The van der Waals surface area contributed by atoms with Crippen molar-refractivity contribution in [3.63, 3.8) is 0 Å². The predicted octanol–water partition coefficient (Wildman–Crippen LogP) is 3.80. The van der Waals surface area contributed by atoms with E-state index in [1.165, 1.54) is 0 Å². The molecule has 1 aliphatic heterocycles. The van der Waals surface area contributed by atoms with E-state index in [1.54, 1.807) is 11.8 Å². The second kappa shape index (κ2) is 8.05. The maximum absolute atomic E-state index is 12.9. The molecule has 0 radical (unpaired) electrons. The fourth-order valence-corrected chi connectivity index (χ4v) is 3.96. The zero-order chi connectivity index (χ0) is 20.4. The Hall–Kier alpha value is -3.18. The van der Waals surface area contributed by atoms with Crippen molar-refractivity contribution in [1.82, 2.24) is 5.48 Å². The van der Waals surface area contributed by atoms with Gasteiger partial charge in [-0.2, -0.15) is 0 Å². The molecule has 3 aromatic carbocycles. The highest BCUT2D eigenvalue weighted by atomic mass is 16.7. The Balaban J connectivity index is 1.38. The largest absolute Gasteiger partial charge is 0.307 e. The summed E-state index contributed by atoms with van der Waals surface area (Å²) < 4.78 is 0. The summed E-state index contributed by atoms with van der Waals surface area (Å²) in [7, 11) is 0. The highest BCUT2D eigenvalue weighted by molar-refractivity contribution is 5.99. The van der Waals surface area contributed by atoms with E-state index in [2.05, 4.69) is 5.48 Å². The number of rotatable bonds is 5. The number of hydrogen-bond acceptors (Lipinski definition) is 3. The predicted molar refractivity (Wildman–Crippen MR) is 113 cm³/mol. The van der Waals surface area contributed by atoms with E-state index in [9.17, 15) is 9.59 Å². The number of anilines is 1. The van der Waals surface area contributed by atoms with Gasteiger partial charge in [-0.25, -0.2) is 5.48 Å². The third-order valence-electron chi connectivity index (χ3n) is 5.37. The average molecular weight is 388 g/mol. The number of carbonyl (C=O) groups is 2. The molecule has 0 saturated carbocycles. The molecule has 2 unspecified atom stereocenters. The molecule has 3 aromatic rings. The molecule has 148 valence electrons. The highest BCUT2D eigenvalue weighted by Gasteiger charge is 2.33. The average Bonchev–Trinajstić information content (AvgIpc) is 3.07. The third-order valence-corrected chi connectivity index (χ3v) is 5.37. The van der Waals surface area contributed by atoms with Crippen molar-refractivity contribution in [2.75, 3.05) is 4.90 Å². The summed E-state index contributed by atoms with van der Waals surface area (Å²) in [5.74, 6) is -0.441. The van der Waals surface area contributed by atoms with E-state index in [0.717, 1.165) is 34.0 Å². The van der Waals surface area contributed by atoms with Gasteiger partial charge >= 0.3 is 0 Å². The number of hydrogen-bond donors (Lipinski definition) is 1. The number of benzene rings is 3. The second-order valence-electron chi connectivity index (χ2n) is 7.49. The molecule has 0 spiro atoms. The topological polar surface area (TPSA) is 58.6 Å². The lowest BCUT2D eigenvalue weighted by Gasteiger charge is -2.25. The minimum absolute atomic E-state index is 0.0670. The van der Waals surface area contributed by atoms with Crippen molar-refractivity contribution in [3.8, 4) is 0 Å². The van der Waals surface area contributed by atoms with Crippen LogP contribution in [0.4, 0.5) is 5.69 Å². The summed E-state index contributed by atoms with van der Waals surface area (Å²) in [5, 5.41) is 2.13. The van der Waals surface area contributed by atoms with Gasteiger partial charge in [0.2, 0.25) is 5.91 Å². The zero-order valence-electron chi connectivity index (χ0n) is 16.6. The molecule has 1 N–H and O–H groups in total. The number of carbonyl (C=O) groups excluding carboxylic acids is 2. The molecule has 2 atom stereocenters. The number of para-hydroxylation sites is 1. The Morgan fingerprint density at radius 3 is 2.66 bits per heavy atom. The smallest absolute Gasteiger partial charge is 0.258 e. The second-order valence-corrected chi connectivity index (χ2v) is 7.49.